The van der Waals surface area contributed by atoms with Crippen LogP contribution >= 0.6 is 0 Å². The minimum atomic E-state index is 0.657. The Balaban J connectivity index is 1.73. The first kappa shape index (κ1) is 8.57. The molecule has 0 bridgehead atoms. The van der Waals surface area contributed by atoms with Crippen LogP contribution in [0.1, 0.15) is 38.5 Å². The van der Waals surface area contributed by atoms with Gasteiger partial charge in [-0.2, -0.15) is 0 Å². The summed E-state index contributed by atoms with van der Waals surface area (Å²) in [6.45, 7) is 0.965. The molecule has 0 aromatic carbocycles. The Kier molecular flexibility index (Phi) is 1.92. The van der Waals surface area contributed by atoms with E-state index in [-0.39, 0.29) is 0 Å². The number of aliphatic imine (C=N–C) groups is 1. The molecule has 2 N–H and O–H groups in total. The van der Waals surface area contributed by atoms with Crippen LogP contribution < -0.4 is 5.73 Å². The molecule has 0 aromatic rings. The fraction of sp³-hybridized carbons (Fsp3) is 0.909. The third-order valence-corrected chi connectivity index (χ3v) is 3.95. The quantitative estimate of drug-likeness (QED) is 0.719. The van der Waals surface area contributed by atoms with Crippen LogP contribution in [0, 0.1) is 5.92 Å². The second kappa shape index (κ2) is 3.14. The molecule has 0 spiro atoms. The molecule has 0 radical (unpaired) electrons. The summed E-state index contributed by atoms with van der Waals surface area (Å²) in [5, 5.41) is 0. The summed E-state index contributed by atoms with van der Waals surface area (Å²) in [4.78, 5) is 6.85. The van der Waals surface area contributed by atoms with Crippen LogP contribution in [0.5, 0.6) is 0 Å². The maximum atomic E-state index is 5.95. The molecule has 1 atom stereocenters. The van der Waals surface area contributed by atoms with E-state index in [1.165, 1.54) is 38.5 Å². The Morgan fingerprint density at radius 3 is 2.50 bits per heavy atom. The molecule has 0 aromatic heterocycles. The first-order valence-electron chi connectivity index (χ1n) is 5.94. The molecule has 3 rings (SSSR count). The lowest BCUT2D eigenvalue weighted by atomic mass is 9.97. The van der Waals surface area contributed by atoms with Gasteiger partial charge in [0.2, 0.25) is 0 Å². The number of nitrogens with zero attached hydrogens (tertiary/aromatic N) is 2. The third-order valence-electron chi connectivity index (χ3n) is 3.95. The number of rotatable bonds is 2. The van der Waals surface area contributed by atoms with Crippen molar-refractivity contribution < 1.29 is 0 Å². The normalized spacial score (nSPS) is 33.9. The van der Waals surface area contributed by atoms with E-state index in [9.17, 15) is 0 Å². The zero-order chi connectivity index (χ0) is 9.54. The Morgan fingerprint density at radius 1 is 1.14 bits per heavy atom. The lowest BCUT2D eigenvalue weighted by molar-refractivity contribution is 0.244. The maximum absolute atomic E-state index is 5.95. The summed E-state index contributed by atoms with van der Waals surface area (Å²) in [7, 11) is 0. The van der Waals surface area contributed by atoms with E-state index < -0.39 is 0 Å². The Labute approximate surface area is 85.4 Å². The Morgan fingerprint density at radius 2 is 1.86 bits per heavy atom. The predicted octanol–water partition coefficient (Wildman–Crippen LogP) is 1.34. The highest BCUT2D eigenvalue weighted by Gasteiger charge is 2.41. The van der Waals surface area contributed by atoms with Crippen molar-refractivity contribution in [3.05, 3.63) is 0 Å². The lowest BCUT2D eigenvalue weighted by Crippen LogP contribution is -2.45. The minimum Gasteiger partial charge on any atom is -0.370 e. The van der Waals surface area contributed by atoms with Gasteiger partial charge in [-0.3, -0.25) is 4.99 Å². The van der Waals surface area contributed by atoms with Crippen molar-refractivity contribution in [2.24, 2.45) is 16.6 Å². The van der Waals surface area contributed by atoms with Crippen LogP contribution in [0.25, 0.3) is 0 Å². The van der Waals surface area contributed by atoms with Gasteiger partial charge in [-0.25, -0.2) is 0 Å². The highest BCUT2D eigenvalue weighted by Crippen LogP contribution is 2.37. The molecule has 1 unspecified atom stereocenters. The van der Waals surface area contributed by atoms with Gasteiger partial charge in [0, 0.05) is 6.04 Å². The van der Waals surface area contributed by atoms with Gasteiger partial charge in [0.05, 0.1) is 12.6 Å². The minimum absolute atomic E-state index is 0.657. The first-order valence-corrected chi connectivity index (χ1v) is 5.94. The highest BCUT2D eigenvalue weighted by molar-refractivity contribution is 5.80. The van der Waals surface area contributed by atoms with Gasteiger partial charge in [-0.05, 0) is 31.6 Å². The monoisotopic (exact) mass is 193 g/mol. The first-order chi connectivity index (χ1) is 6.86. The van der Waals surface area contributed by atoms with E-state index >= 15 is 0 Å². The van der Waals surface area contributed by atoms with Gasteiger partial charge in [-0.1, -0.05) is 12.8 Å². The number of nitrogens with two attached hydrogens (primary N) is 1. The summed E-state index contributed by atoms with van der Waals surface area (Å²) in [6.07, 6.45) is 8.30. The molecule has 0 saturated heterocycles. The van der Waals surface area contributed by atoms with Gasteiger partial charge < -0.3 is 10.6 Å². The fourth-order valence-corrected chi connectivity index (χ4v) is 3.06. The van der Waals surface area contributed by atoms with E-state index in [1.54, 1.807) is 0 Å². The number of hydrogen-bond acceptors (Lipinski definition) is 3. The summed E-state index contributed by atoms with van der Waals surface area (Å²) >= 11 is 0. The van der Waals surface area contributed by atoms with Crippen LogP contribution in [0.4, 0.5) is 0 Å². The van der Waals surface area contributed by atoms with Crippen LogP contribution in [0.2, 0.25) is 0 Å². The molecule has 78 valence electrons. The van der Waals surface area contributed by atoms with Crippen molar-refractivity contribution in [3.8, 4) is 0 Å². The SMILES string of the molecule is NC1=NCC(C2CCCC2)N1C1CC1. The predicted molar refractivity (Wildman–Crippen MR) is 57.1 cm³/mol. The summed E-state index contributed by atoms with van der Waals surface area (Å²) in [5.41, 5.74) is 5.95. The van der Waals surface area contributed by atoms with E-state index in [0.29, 0.717) is 6.04 Å². The van der Waals surface area contributed by atoms with Crippen LogP contribution in [-0.4, -0.2) is 29.5 Å². The zero-order valence-electron chi connectivity index (χ0n) is 8.65. The third kappa shape index (κ3) is 1.30. The van der Waals surface area contributed by atoms with Gasteiger partial charge in [-0.15, -0.1) is 0 Å². The largest absolute Gasteiger partial charge is 0.370 e. The molecular weight excluding hydrogens is 174 g/mol. The molecule has 2 fully saturated rings. The average molecular weight is 193 g/mol. The fourth-order valence-electron chi connectivity index (χ4n) is 3.06. The van der Waals surface area contributed by atoms with Crippen LogP contribution in [-0.2, 0) is 0 Å². The summed E-state index contributed by atoms with van der Waals surface area (Å²) in [5.74, 6) is 1.70. The van der Waals surface area contributed by atoms with Gasteiger partial charge in [0.15, 0.2) is 5.96 Å². The van der Waals surface area contributed by atoms with E-state index in [4.69, 9.17) is 5.73 Å². The number of hydrogen-bond donors (Lipinski definition) is 1. The lowest BCUT2D eigenvalue weighted by Gasteiger charge is -2.30. The molecule has 1 heterocycles. The standard InChI is InChI=1S/C11H19N3/c12-11-13-7-10(8-3-1-2-4-8)14(11)9-5-6-9/h8-10H,1-7H2,(H2,12,13). The van der Waals surface area contributed by atoms with Crippen molar-refractivity contribution in [3.63, 3.8) is 0 Å². The topological polar surface area (TPSA) is 41.6 Å². The van der Waals surface area contributed by atoms with Gasteiger partial charge in [0.25, 0.3) is 0 Å². The smallest absolute Gasteiger partial charge is 0.191 e. The second-order valence-corrected chi connectivity index (χ2v) is 4.95. The van der Waals surface area contributed by atoms with Crippen molar-refractivity contribution in [2.45, 2.75) is 50.6 Å². The van der Waals surface area contributed by atoms with E-state index in [0.717, 1.165) is 24.5 Å². The van der Waals surface area contributed by atoms with Crippen LogP contribution in [0.3, 0.4) is 0 Å². The van der Waals surface area contributed by atoms with Gasteiger partial charge >= 0.3 is 0 Å². The molecule has 2 saturated carbocycles. The number of guanidine groups is 1. The maximum Gasteiger partial charge on any atom is 0.191 e. The Bertz CT molecular complexity index is 251. The summed E-state index contributed by atoms with van der Waals surface area (Å²) < 4.78 is 0. The van der Waals surface area contributed by atoms with E-state index in [2.05, 4.69) is 9.89 Å². The van der Waals surface area contributed by atoms with Crippen molar-refractivity contribution in [2.75, 3.05) is 6.54 Å². The Hall–Kier alpha value is -0.730. The van der Waals surface area contributed by atoms with Crippen LogP contribution in [0.15, 0.2) is 4.99 Å². The van der Waals surface area contributed by atoms with Gasteiger partial charge in [0.1, 0.15) is 0 Å². The molecule has 3 nitrogen and oxygen atoms in total. The molecule has 3 heteroatoms. The molecule has 0 amide bonds. The molecule has 14 heavy (non-hydrogen) atoms. The molecule has 1 aliphatic heterocycles. The zero-order valence-corrected chi connectivity index (χ0v) is 8.65. The molecule has 2 aliphatic carbocycles. The highest BCUT2D eigenvalue weighted by atomic mass is 15.4. The van der Waals surface area contributed by atoms with E-state index in [1.807, 2.05) is 0 Å². The summed E-state index contributed by atoms with van der Waals surface area (Å²) in [6, 6.07) is 1.40. The van der Waals surface area contributed by atoms with Crippen molar-refractivity contribution >= 4 is 5.96 Å². The second-order valence-electron chi connectivity index (χ2n) is 4.95. The van der Waals surface area contributed by atoms with Crippen molar-refractivity contribution in [1.82, 2.24) is 4.90 Å². The average Bonchev–Trinajstić information content (AvgIpc) is 2.75. The van der Waals surface area contributed by atoms with Crippen molar-refractivity contribution in [1.29, 1.82) is 0 Å². The molecular formula is C11H19N3. The molecule has 3 aliphatic rings.